The molecule has 1 unspecified atom stereocenters. The van der Waals surface area contributed by atoms with Gasteiger partial charge in [0.1, 0.15) is 15.7 Å². The third-order valence-electron chi connectivity index (χ3n) is 3.55. The van der Waals surface area contributed by atoms with E-state index in [1.807, 2.05) is 35.7 Å². The topological polar surface area (TPSA) is 101 Å². The summed E-state index contributed by atoms with van der Waals surface area (Å²) in [6.07, 6.45) is 4.42. The van der Waals surface area contributed by atoms with E-state index in [1.165, 1.54) is 6.26 Å². The molecule has 25 heavy (non-hydrogen) atoms. The number of hydrogen-bond acceptors (Lipinski definition) is 5. The van der Waals surface area contributed by atoms with Crippen molar-refractivity contribution in [3.63, 3.8) is 0 Å². The molecule has 2 heterocycles. The van der Waals surface area contributed by atoms with Crippen LogP contribution in [0.4, 0.5) is 0 Å². The lowest BCUT2D eigenvalue weighted by Crippen LogP contribution is -2.43. The number of sulfone groups is 1. The second-order valence-electron chi connectivity index (χ2n) is 5.76. The van der Waals surface area contributed by atoms with Gasteiger partial charge in [-0.3, -0.25) is 9.39 Å². The smallest absolute Gasteiger partial charge is 0.191 e. The van der Waals surface area contributed by atoms with Crippen LogP contribution in [0.3, 0.4) is 0 Å². The maximum atomic E-state index is 11.2. The number of nitrogens with one attached hydrogen (secondary N) is 2. The molecule has 2 rings (SSSR count). The Balaban J connectivity index is 0.00000312. The molecule has 2 aromatic heterocycles. The maximum Gasteiger partial charge on any atom is 0.191 e. The molecule has 10 heteroatoms. The van der Waals surface area contributed by atoms with Crippen LogP contribution in [0.1, 0.15) is 19.2 Å². The summed E-state index contributed by atoms with van der Waals surface area (Å²) in [6, 6.07) is 5.79. The van der Waals surface area contributed by atoms with Gasteiger partial charge in [-0.15, -0.1) is 34.2 Å². The Morgan fingerprint density at radius 3 is 2.80 bits per heavy atom. The summed E-state index contributed by atoms with van der Waals surface area (Å²) >= 11 is 0. The Morgan fingerprint density at radius 1 is 1.36 bits per heavy atom. The van der Waals surface area contributed by atoms with E-state index in [2.05, 4.69) is 25.8 Å². The van der Waals surface area contributed by atoms with Gasteiger partial charge >= 0.3 is 0 Å². The van der Waals surface area contributed by atoms with Gasteiger partial charge in [-0.2, -0.15) is 0 Å². The number of halogens is 1. The molecule has 0 aliphatic carbocycles. The minimum absolute atomic E-state index is 0. The standard InChI is InChI=1S/C15H24N6O2S.HI/c1-12(8-11-24(3,22)23)18-15(16-2)17-9-7-14-20-19-13-6-4-5-10-21(13)14;/h4-6,10,12H,7-9,11H2,1-3H3,(H2,16,17,18);1H. The molecule has 0 fully saturated rings. The number of aliphatic imine (C=N–C) groups is 1. The van der Waals surface area contributed by atoms with Gasteiger partial charge in [0.2, 0.25) is 0 Å². The summed E-state index contributed by atoms with van der Waals surface area (Å²) in [5.41, 5.74) is 0.824. The van der Waals surface area contributed by atoms with Gasteiger partial charge in [0.25, 0.3) is 0 Å². The van der Waals surface area contributed by atoms with Crippen LogP contribution in [0, 0.1) is 0 Å². The largest absolute Gasteiger partial charge is 0.356 e. The quantitative estimate of drug-likeness (QED) is 0.347. The molecule has 0 aliphatic rings. The molecule has 0 aliphatic heterocycles. The minimum atomic E-state index is -2.95. The minimum Gasteiger partial charge on any atom is -0.356 e. The zero-order valence-corrected chi connectivity index (χ0v) is 17.8. The summed E-state index contributed by atoms with van der Waals surface area (Å²) in [5.74, 6) is 1.67. The fraction of sp³-hybridized carbons (Fsp3) is 0.533. The molecule has 0 saturated heterocycles. The number of nitrogens with zero attached hydrogens (tertiary/aromatic N) is 4. The van der Waals surface area contributed by atoms with E-state index >= 15 is 0 Å². The molecule has 1 atom stereocenters. The predicted octanol–water partition coefficient (Wildman–Crippen LogP) is 0.878. The van der Waals surface area contributed by atoms with Crippen molar-refractivity contribution in [2.45, 2.75) is 25.8 Å². The molecule has 0 bridgehead atoms. The van der Waals surface area contributed by atoms with Crippen molar-refractivity contribution in [3.05, 3.63) is 30.2 Å². The maximum absolute atomic E-state index is 11.2. The van der Waals surface area contributed by atoms with Crippen molar-refractivity contribution in [1.29, 1.82) is 0 Å². The Hall–Kier alpha value is -1.43. The predicted molar refractivity (Wildman–Crippen MR) is 110 cm³/mol. The second kappa shape index (κ2) is 9.90. The summed E-state index contributed by atoms with van der Waals surface area (Å²) in [6.45, 7) is 2.58. The number of fused-ring (bicyclic) bond motifs is 1. The highest BCUT2D eigenvalue weighted by Crippen LogP contribution is 2.02. The van der Waals surface area contributed by atoms with Crippen LogP contribution in [0.2, 0.25) is 0 Å². The monoisotopic (exact) mass is 480 g/mol. The summed E-state index contributed by atoms with van der Waals surface area (Å²) in [7, 11) is -1.26. The molecule has 0 spiro atoms. The molecule has 0 saturated carbocycles. The lowest BCUT2D eigenvalue weighted by atomic mass is 10.3. The molecular weight excluding hydrogens is 455 g/mol. The van der Waals surface area contributed by atoms with E-state index in [9.17, 15) is 8.42 Å². The fourth-order valence-corrected chi connectivity index (χ4v) is 3.03. The van der Waals surface area contributed by atoms with Crippen LogP contribution in [-0.2, 0) is 16.3 Å². The summed E-state index contributed by atoms with van der Waals surface area (Å²) < 4.78 is 24.4. The third-order valence-corrected chi connectivity index (χ3v) is 4.53. The van der Waals surface area contributed by atoms with E-state index < -0.39 is 9.84 Å². The normalized spacial score (nSPS) is 13.3. The van der Waals surface area contributed by atoms with Gasteiger partial charge < -0.3 is 10.6 Å². The highest BCUT2D eigenvalue weighted by molar-refractivity contribution is 14.0. The van der Waals surface area contributed by atoms with Gasteiger partial charge in [0.15, 0.2) is 11.6 Å². The van der Waals surface area contributed by atoms with Gasteiger partial charge in [0, 0.05) is 38.5 Å². The molecule has 2 aromatic rings. The van der Waals surface area contributed by atoms with Crippen LogP contribution < -0.4 is 10.6 Å². The first-order valence-corrected chi connectivity index (χ1v) is 9.88. The first kappa shape index (κ1) is 21.6. The highest BCUT2D eigenvalue weighted by atomic mass is 127. The average Bonchev–Trinajstić information content (AvgIpc) is 2.95. The van der Waals surface area contributed by atoms with Crippen molar-refractivity contribution in [2.24, 2.45) is 4.99 Å². The zero-order valence-electron chi connectivity index (χ0n) is 14.6. The third kappa shape index (κ3) is 7.14. The number of rotatable bonds is 7. The fourth-order valence-electron chi connectivity index (χ4n) is 2.25. The highest BCUT2D eigenvalue weighted by Gasteiger charge is 2.10. The Morgan fingerprint density at radius 2 is 2.12 bits per heavy atom. The summed E-state index contributed by atoms with van der Waals surface area (Å²) in [4.78, 5) is 4.16. The molecule has 0 aromatic carbocycles. The number of pyridine rings is 1. The number of hydrogen-bond donors (Lipinski definition) is 2. The van der Waals surface area contributed by atoms with Crippen molar-refractivity contribution >= 4 is 45.4 Å². The van der Waals surface area contributed by atoms with Crippen LogP contribution in [-0.4, -0.2) is 60.6 Å². The number of guanidine groups is 1. The van der Waals surface area contributed by atoms with Crippen LogP contribution in [0.5, 0.6) is 0 Å². The Bertz CT molecular complexity index is 805. The van der Waals surface area contributed by atoms with E-state index in [4.69, 9.17) is 0 Å². The SMILES string of the molecule is CN=C(NCCc1nnc2ccccn12)NC(C)CCS(C)(=O)=O.I. The molecule has 140 valence electrons. The van der Waals surface area contributed by atoms with E-state index in [-0.39, 0.29) is 35.8 Å². The van der Waals surface area contributed by atoms with E-state index in [1.54, 1.807) is 7.05 Å². The lowest BCUT2D eigenvalue weighted by Gasteiger charge is -2.17. The molecule has 8 nitrogen and oxygen atoms in total. The molecule has 0 radical (unpaired) electrons. The first-order chi connectivity index (χ1) is 11.4. The van der Waals surface area contributed by atoms with Gasteiger partial charge in [-0.1, -0.05) is 6.07 Å². The second-order valence-corrected chi connectivity index (χ2v) is 8.02. The number of aromatic nitrogens is 3. The average molecular weight is 480 g/mol. The molecule has 0 amide bonds. The first-order valence-electron chi connectivity index (χ1n) is 7.82. The van der Waals surface area contributed by atoms with Crippen molar-refractivity contribution in [3.8, 4) is 0 Å². The van der Waals surface area contributed by atoms with Gasteiger partial charge in [-0.25, -0.2) is 8.42 Å². The van der Waals surface area contributed by atoms with Crippen LogP contribution in [0.15, 0.2) is 29.4 Å². The van der Waals surface area contributed by atoms with Crippen molar-refractivity contribution < 1.29 is 8.42 Å². The van der Waals surface area contributed by atoms with E-state index in [0.29, 0.717) is 25.3 Å². The lowest BCUT2D eigenvalue weighted by molar-refractivity contribution is 0.581. The van der Waals surface area contributed by atoms with Crippen molar-refractivity contribution in [1.82, 2.24) is 25.2 Å². The summed E-state index contributed by atoms with van der Waals surface area (Å²) in [5, 5.41) is 14.7. The van der Waals surface area contributed by atoms with Crippen molar-refractivity contribution in [2.75, 3.05) is 25.6 Å². The Labute approximate surface area is 165 Å². The van der Waals surface area contributed by atoms with Gasteiger partial charge in [-0.05, 0) is 25.5 Å². The Kier molecular flexibility index (Phi) is 8.56. The zero-order chi connectivity index (χ0) is 17.6. The van der Waals surface area contributed by atoms with Crippen LogP contribution >= 0.6 is 24.0 Å². The molecular formula is C15H25IN6O2S. The van der Waals surface area contributed by atoms with E-state index in [0.717, 1.165) is 11.5 Å². The van der Waals surface area contributed by atoms with Crippen LogP contribution in [0.25, 0.3) is 5.65 Å². The van der Waals surface area contributed by atoms with Gasteiger partial charge in [0.05, 0.1) is 5.75 Å². The molecule has 2 N–H and O–H groups in total.